The molecule has 8 atom stereocenters. The predicted octanol–water partition coefficient (Wildman–Crippen LogP) is 5.63. The summed E-state index contributed by atoms with van der Waals surface area (Å²) in [6.45, 7) is 1.54. The van der Waals surface area contributed by atoms with Crippen LogP contribution in [-0.4, -0.2) is 35.0 Å². The molecule has 8 unspecified atom stereocenters. The minimum Gasteiger partial charge on any atom is -0.309 e. The largest absolute Gasteiger partial charge is 0.309 e. The van der Waals surface area contributed by atoms with E-state index in [1.54, 1.807) is 24.3 Å². The fourth-order valence-corrected chi connectivity index (χ4v) is 7.92. The van der Waals surface area contributed by atoms with Gasteiger partial charge in [0.05, 0.1) is 9.85 Å². The van der Waals surface area contributed by atoms with Crippen LogP contribution in [0, 0.1) is 32.1 Å². The predicted molar refractivity (Wildman–Crippen MR) is 164 cm³/mol. The highest BCUT2D eigenvalue weighted by molar-refractivity contribution is 5.40. The van der Waals surface area contributed by atoms with E-state index in [0.29, 0.717) is 0 Å². The molecular weight excluding hydrogens is 542 g/mol. The zero-order valence-electron chi connectivity index (χ0n) is 23.5. The van der Waals surface area contributed by atoms with Crippen LogP contribution < -0.4 is 16.0 Å². The summed E-state index contributed by atoms with van der Waals surface area (Å²) in [6.07, 6.45) is 0. The van der Waals surface area contributed by atoms with Crippen LogP contribution in [0.2, 0.25) is 0 Å². The van der Waals surface area contributed by atoms with Crippen molar-refractivity contribution in [2.75, 3.05) is 13.1 Å². The minimum absolute atomic E-state index is 0.0369. The van der Waals surface area contributed by atoms with Crippen molar-refractivity contribution in [3.8, 4) is 0 Å². The molecule has 0 aliphatic carbocycles. The maximum atomic E-state index is 11.4. The van der Waals surface area contributed by atoms with E-state index in [4.69, 9.17) is 0 Å². The first-order chi connectivity index (χ1) is 21.0. The van der Waals surface area contributed by atoms with Crippen molar-refractivity contribution < 1.29 is 9.85 Å². The molecule has 3 saturated heterocycles. The molecule has 4 aromatic rings. The number of nitro benzene ring substituents is 2. The van der Waals surface area contributed by atoms with E-state index in [9.17, 15) is 20.2 Å². The molecule has 43 heavy (non-hydrogen) atoms. The Labute approximate surface area is 249 Å². The van der Waals surface area contributed by atoms with Gasteiger partial charge in [0.15, 0.2) is 0 Å². The lowest BCUT2D eigenvalue weighted by atomic mass is 9.65. The SMILES string of the molecule is O=[N+]([O-])c1ccc(C2NCC(c3ccccc3)C3NC4C(c5ccccc5)CNC(c5ccc([N+](=O)[O-])cc5)C4C23)cc1. The molecule has 0 spiro atoms. The van der Waals surface area contributed by atoms with Crippen molar-refractivity contribution in [1.29, 1.82) is 0 Å². The molecule has 218 valence electrons. The van der Waals surface area contributed by atoms with Crippen LogP contribution in [0.4, 0.5) is 11.4 Å². The average Bonchev–Trinajstić information content (AvgIpc) is 3.46. The van der Waals surface area contributed by atoms with Gasteiger partial charge in [0.25, 0.3) is 11.4 Å². The molecule has 0 radical (unpaired) electrons. The van der Waals surface area contributed by atoms with Crippen LogP contribution in [0.15, 0.2) is 109 Å². The number of fused-ring (bicyclic) bond motifs is 3. The highest BCUT2D eigenvalue weighted by Crippen LogP contribution is 2.53. The molecular formula is C34H33N5O4. The second-order valence-corrected chi connectivity index (χ2v) is 11.9. The van der Waals surface area contributed by atoms with Gasteiger partial charge in [-0.25, -0.2) is 0 Å². The first kappa shape index (κ1) is 27.4. The molecule has 0 saturated carbocycles. The third kappa shape index (κ3) is 4.99. The van der Waals surface area contributed by atoms with Crippen molar-refractivity contribution in [3.05, 3.63) is 152 Å². The van der Waals surface area contributed by atoms with Crippen molar-refractivity contribution in [1.82, 2.24) is 16.0 Å². The summed E-state index contributed by atoms with van der Waals surface area (Å²) in [4.78, 5) is 22.1. The summed E-state index contributed by atoms with van der Waals surface area (Å²) in [6, 6.07) is 35.3. The molecule has 9 heteroatoms. The highest BCUT2D eigenvalue weighted by atomic mass is 16.6. The van der Waals surface area contributed by atoms with Gasteiger partial charge in [-0.05, 0) is 22.3 Å². The van der Waals surface area contributed by atoms with E-state index in [2.05, 4.69) is 64.5 Å². The maximum Gasteiger partial charge on any atom is 0.269 e. The Morgan fingerprint density at radius 2 is 0.884 bits per heavy atom. The Hall–Kier alpha value is -4.44. The maximum absolute atomic E-state index is 11.4. The van der Waals surface area contributed by atoms with Crippen molar-refractivity contribution >= 4 is 11.4 Å². The fourth-order valence-electron chi connectivity index (χ4n) is 7.92. The summed E-state index contributed by atoms with van der Waals surface area (Å²) in [5.41, 5.74) is 4.75. The lowest BCUT2D eigenvalue weighted by Crippen LogP contribution is -2.52. The van der Waals surface area contributed by atoms with Gasteiger partial charge in [-0.2, -0.15) is 0 Å². The van der Waals surface area contributed by atoms with E-state index < -0.39 is 0 Å². The number of hydrogen-bond donors (Lipinski definition) is 3. The molecule has 3 aliphatic heterocycles. The van der Waals surface area contributed by atoms with E-state index in [1.165, 1.54) is 11.1 Å². The molecule has 3 heterocycles. The second kappa shape index (κ2) is 11.3. The number of nitrogens with one attached hydrogen (secondary N) is 3. The number of nitro groups is 2. The summed E-state index contributed by atoms with van der Waals surface area (Å²) < 4.78 is 0. The van der Waals surface area contributed by atoms with Crippen LogP contribution in [0.25, 0.3) is 0 Å². The first-order valence-electron chi connectivity index (χ1n) is 14.8. The number of hydrogen-bond acceptors (Lipinski definition) is 7. The topological polar surface area (TPSA) is 122 Å². The molecule has 3 N–H and O–H groups in total. The van der Waals surface area contributed by atoms with Gasteiger partial charge in [0.2, 0.25) is 0 Å². The smallest absolute Gasteiger partial charge is 0.269 e. The molecule has 0 aromatic heterocycles. The summed E-state index contributed by atoms with van der Waals surface area (Å²) >= 11 is 0. The average molecular weight is 576 g/mol. The third-order valence-corrected chi connectivity index (χ3v) is 9.79. The zero-order chi connectivity index (χ0) is 29.5. The van der Waals surface area contributed by atoms with Crippen molar-refractivity contribution in [3.63, 3.8) is 0 Å². The second-order valence-electron chi connectivity index (χ2n) is 11.9. The van der Waals surface area contributed by atoms with Gasteiger partial charge >= 0.3 is 0 Å². The Morgan fingerprint density at radius 3 is 1.23 bits per heavy atom. The Balaban J connectivity index is 1.35. The van der Waals surface area contributed by atoms with E-state index in [-0.39, 0.29) is 69.1 Å². The number of piperidine rings is 2. The first-order valence-corrected chi connectivity index (χ1v) is 14.8. The summed E-state index contributed by atoms with van der Waals surface area (Å²) in [5, 5.41) is 34.7. The van der Waals surface area contributed by atoms with Crippen LogP contribution in [0.3, 0.4) is 0 Å². The molecule has 0 bridgehead atoms. The molecule has 4 aromatic carbocycles. The standard InChI is InChI=1S/C34H33N5O4/c40-38(41)25-15-11-23(12-16-25)31-29-30-32(24-13-17-26(18-14-24)39(42)43)36-20-28(22-9-5-2-6-10-22)34(30)37-33(29)27(19-35-31)21-7-3-1-4-8-21/h1-18,27-37H,19-20H2. The normalized spacial score (nSPS) is 29.8. The number of rotatable bonds is 6. The molecule has 7 rings (SSSR count). The zero-order valence-corrected chi connectivity index (χ0v) is 23.5. The Morgan fingerprint density at radius 1 is 0.512 bits per heavy atom. The quantitative estimate of drug-likeness (QED) is 0.201. The number of non-ortho nitro benzene ring substituents is 2. The minimum atomic E-state index is -0.362. The highest BCUT2D eigenvalue weighted by Gasteiger charge is 2.57. The van der Waals surface area contributed by atoms with E-state index in [1.807, 2.05) is 36.4 Å². The lowest BCUT2D eigenvalue weighted by molar-refractivity contribution is -0.385. The molecule has 3 fully saturated rings. The van der Waals surface area contributed by atoms with E-state index in [0.717, 1.165) is 24.2 Å². The number of nitrogens with zero attached hydrogens (tertiary/aromatic N) is 2. The van der Waals surface area contributed by atoms with Crippen LogP contribution >= 0.6 is 0 Å². The van der Waals surface area contributed by atoms with Gasteiger partial charge in [-0.1, -0.05) is 84.9 Å². The van der Waals surface area contributed by atoms with Gasteiger partial charge in [0, 0.05) is 85.2 Å². The molecule has 3 aliphatic rings. The van der Waals surface area contributed by atoms with Crippen LogP contribution in [-0.2, 0) is 0 Å². The summed E-state index contributed by atoms with van der Waals surface area (Å²) in [7, 11) is 0. The van der Waals surface area contributed by atoms with Crippen LogP contribution in [0.1, 0.15) is 46.2 Å². The summed E-state index contributed by atoms with van der Waals surface area (Å²) in [5.74, 6) is 0.703. The van der Waals surface area contributed by atoms with Crippen molar-refractivity contribution in [2.45, 2.75) is 36.0 Å². The van der Waals surface area contributed by atoms with Crippen LogP contribution in [0.5, 0.6) is 0 Å². The third-order valence-electron chi connectivity index (χ3n) is 9.79. The monoisotopic (exact) mass is 575 g/mol. The molecule has 0 amide bonds. The van der Waals surface area contributed by atoms with Gasteiger partial charge in [0.1, 0.15) is 0 Å². The Kier molecular flexibility index (Phi) is 7.22. The van der Waals surface area contributed by atoms with Gasteiger partial charge < -0.3 is 16.0 Å². The fraction of sp³-hybridized carbons (Fsp3) is 0.294. The van der Waals surface area contributed by atoms with Gasteiger partial charge in [-0.15, -0.1) is 0 Å². The van der Waals surface area contributed by atoms with Gasteiger partial charge in [-0.3, -0.25) is 20.2 Å². The van der Waals surface area contributed by atoms with Crippen molar-refractivity contribution in [2.24, 2.45) is 11.8 Å². The lowest BCUT2D eigenvalue weighted by Gasteiger charge is -2.46. The Bertz CT molecular complexity index is 1480. The molecule has 9 nitrogen and oxygen atoms in total. The van der Waals surface area contributed by atoms with E-state index >= 15 is 0 Å². The number of benzene rings is 4.